The first kappa shape index (κ1) is 38.6. The van der Waals surface area contributed by atoms with Crippen LogP contribution >= 0.6 is 0 Å². The minimum atomic E-state index is -3.50. The van der Waals surface area contributed by atoms with Gasteiger partial charge in [0, 0.05) is 89.5 Å². The number of likely N-dealkylation sites (tertiary alicyclic amines) is 2. The van der Waals surface area contributed by atoms with Crippen LogP contribution in [0.1, 0.15) is 70.2 Å². The second-order valence-electron chi connectivity index (χ2n) is 16.8. The molecule has 15 heteroatoms. The molecule has 5 aliphatic rings. The van der Waals surface area contributed by atoms with Crippen molar-refractivity contribution in [1.29, 1.82) is 0 Å². The average Bonchev–Trinajstić information content (AvgIpc) is 3.58. The monoisotopic (exact) mass is 766 g/mol. The van der Waals surface area contributed by atoms with E-state index in [0.717, 1.165) is 64.8 Å². The number of nitrogens with zero attached hydrogens (tertiary/aromatic N) is 8. The lowest BCUT2D eigenvalue weighted by molar-refractivity contribution is -0.140. The smallest absolute Gasteiger partial charge is 0.281 e. The third-order valence-corrected chi connectivity index (χ3v) is 14.4. The molecule has 6 heterocycles. The third-order valence-electron chi connectivity index (χ3n) is 12.4. The standard InChI is InChI=1S/C39H55FN8O5S/c1-6-35(49)45-25-39(26-45)12-17-47(18-13-39)54(51,52)46-15-10-38(11-16-46)23-43(24-38)21-30-9-14-44(22-30)36-34(20-41-27-42-36)53-33-8-7-31(40)19-32(33)37(50)48(28(2)3)29(4)5/h6-8,19-20,27-30H,1,9-18,21-26H2,2-5H3/t30-/m0/s1. The molecule has 0 bridgehead atoms. The molecular formula is C39H55FN8O5S. The summed E-state index contributed by atoms with van der Waals surface area (Å²) in [6.45, 7) is 19.4. The number of halogens is 1. The van der Waals surface area contributed by atoms with Crippen molar-refractivity contribution >= 4 is 27.8 Å². The Morgan fingerprint density at radius 3 is 2.17 bits per heavy atom. The fraction of sp³-hybridized carbons (Fsp3) is 0.641. The maximum Gasteiger partial charge on any atom is 0.281 e. The fourth-order valence-electron chi connectivity index (χ4n) is 9.50. The quantitative estimate of drug-likeness (QED) is 0.309. The van der Waals surface area contributed by atoms with Gasteiger partial charge in [-0.3, -0.25) is 9.59 Å². The van der Waals surface area contributed by atoms with Crippen LogP contribution in [0.3, 0.4) is 0 Å². The summed E-state index contributed by atoms with van der Waals surface area (Å²) in [5.74, 6) is 0.905. The van der Waals surface area contributed by atoms with Gasteiger partial charge in [0.1, 0.15) is 17.9 Å². The third kappa shape index (κ3) is 7.61. The van der Waals surface area contributed by atoms with Crippen LogP contribution in [0.2, 0.25) is 0 Å². The molecule has 13 nitrogen and oxygen atoms in total. The Hall–Kier alpha value is -3.66. The molecule has 5 fully saturated rings. The van der Waals surface area contributed by atoms with E-state index in [2.05, 4.69) is 26.3 Å². The van der Waals surface area contributed by atoms with Crippen LogP contribution in [0.15, 0.2) is 43.4 Å². The molecule has 0 N–H and O–H groups in total. The summed E-state index contributed by atoms with van der Waals surface area (Å²) < 4.78 is 51.3. The molecule has 0 saturated carbocycles. The molecule has 2 aromatic rings. The molecule has 2 amide bonds. The highest BCUT2D eigenvalue weighted by Crippen LogP contribution is 2.44. The maximum atomic E-state index is 14.4. The van der Waals surface area contributed by atoms with Gasteiger partial charge in [-0.1, -0.05) is 6.58 Å². The van der Waals surface area contributed by atoms with Gasteiger partial charge in [0.25, 0.3) is 16.1 Å². The Morgan fingerprint density at radius 2 is 1.57 bits per heavy atom. The number of hydrogen-bond donors (Lipinski definition) is 0. The van der Waals surface area contributed by atoms with Crippen molar-refractivity contribution in [2.24, 2.45) is 16.7 Å². The van der Waals surface area contributed by atoms with E-state index in [1.165, 1.54) is 30.6 Å². The summed E-state index contributed by atoms with van der Waals surface area (Å²) >= 11 is 0. The number of ether oxygens (including phenoxy) is 1. The molecule has 54 heavy (non-hydrogen) atoms. The lowest BCUT2D eigenvalue weighted by atomic mass is 9.72. The zero-order valence-corrected chi connectivity index (χ0v) is 32.9. The molecule has 294 valence electrons. The van der Waals surface area contributed by atoms with Crippen molar-refractivity contribution in [2.45, 2.75) is 71.9 Å². The number of anilines is 1. The average molecular weight is 767 g/mol. The van der Waals surface area contributed by atoms with Gasteiger partial charge in [0.2, 0.25) is 5.91 Å². The van der Waals surface area contributed by atoms with Crippen molar-refractivity contribution in [3.63, 3.8) is 0 Å². The van der Waals surface area contributed by atoms with Gasteiger partial charge in [0.05, 0.1) is 11.8 Å². The van der Waals surface area contributed by atoms with Crippen molar-refractivity contribution in [1.82, 2.24) is 33.3 Å². The van der Waals surface area contributed by atoms with E-state index in [-0.39, 0.29) is 46.0 Å². The Bertz CT molecular complexity index is 1820. The minimum Gasteiger partial charge on any atom is -0.451 e. The summed E-state index contributed by atoms with van der Waals surface area (Å²) in [6, 6.07) is 3.86. The molecule has 1 atom stereocenters. The number of hydrogen-bond acceptors (Lipinski definition) is 9. The normalized spacial score (nSPS) is 23.1. The van der Waals surface area contributed by atoms with E-state index in [1.807, 2.05) is 27.7 Å². The Kier molecular flexibility index (Phi) is 10.8. The molecule has 0 unspecified atom stereocenters. The number of benzene rings is 1. The molecule has 5 aliphatic heterocycles. The predicted molar refractivity (Wildman–Crippen MR) is 204 cm³/mol. The van der Waals surface area contributed by atoms with Gasteiger partial charge < -0.3 is 24.3 Å². The van der Waals surface area contributed by atoms with Gasteiger partial charge >= 0.3 is 0 Å². The SMILES string of the molecule is C=CC(=O)N1CC2(CCN(S(=O)(=O)N3CCC4(CC3)CN(C[C@@H]3CCN(c5ncncc5Oc5ccc(F)cc5C(=O)N(C(C)C)C(C)C)C3)C4)CC2)C1. The highest BCUT2D eigenvalue weighted by Gasteiger charge is 2.50. The van der Waals surface area contributed by atoms with Crippen molar-refractivity contribution in [2.75, 3.05) is 76.9 Å². The number of aromatic nitrogens is 2. The van der Waals surface area contributed by atoms with Gasteiger partial charge in [-0.25, -0.2) is 14.4 Å². The van der Waals surface area contributed by atoms with Crippen molar-refractivity contribution in [3.8, 4) is 11.5 Å². The largest absolute Gasteiger partial charge is 0.451 e. The lowest BCUT2D eigenvalue weighted by Crippen LogP contribution is -2.64. The lowest BCUT2D eigenvalue weighted by Gasteiger charge is -2.55. The van der Waals surface area contributed by atoms with Crippen LogP contribution in [0.4, 0.5) is 10.2 Å². The van der Waals surface area contributed by atoms with E-state index < -0.39 is 16.0 Å². The maximum absolute atomic E-state index is 14.4. The van der Waals surface area contributed by atoms with E-state index in [0.29, 0.717) is 56.8 Å². The number of piperidine rings is 2. The van der Waals surface area contributed by atoms with Gasteiger partial charge in [-0.2, -0.15) is 17.0 Å². The van der Waals surface area contributed by atoms with Crippen LogP contribution in [0.5, 0.6) is 11.5 Å². The van der Waals surface area contributed by atoms with Crippen LogP contribution in [0, 0.1) is 22.6 Å². The number of carbonyl (C=O) groups excluding carboxylic acids is 2. The van der Waals surface area contributed by atoms with E-state index in [4.69, 9.17) is 4.74 Å². The zero-order valence-electron chi connectivity index (χ0n) is 32.1. The van der Waals surface area contributed by atoms with E-state index in [1.54, 1.807) is 24.6 Å². The molecular weight excluding hydrogens is 712 g/mol. The summed E-state index contributed by atoms with van der Waals surface area (Å²) in [6.07, 6.45) is 8.76. The molecule has 5 saturated heterocycles. The highest BCUT2D eigenvalue weighted by atomic mass is 32.2. The first-order chi connectivity index (χ1) is 25.7. The van der Waals surface area contributed by atoms with Gasteiger partial charge in [-0.15, -0.1) is 0 Å². The second kappa shape index (κ2) is 15.1. The topological polar surface area (TPSA) is 123 Å². The molecule has 7 rings (SSSR count). The zero-order chi connectivity index (χ0) is 38.4. The Labute approximate surface area is 319 Å². The van der Waals surface area contributed by atoms with Crippen LogP contribution in [-0.4, -0.2) is 138 Å². The first-order valence-electron chi connectivity index (χ1n) is 19.5. The molecule has 0 aliphatic carbocycles. The van der Waals surface area contributed by atoms with Crippen LogP contribution in [0.25, 0.3) is 0 Å². The summed E-state index contributed by atoms with van der Waals surface area (Å²) in [4.78, 5) is 42.5. The van der Waals surface area contributed by atoms with Crippen molar-refractivity contribution < 1.29 is 27.1 Å². The summed E-state index contributed by atoms with van der Waals surface area (Å²) in [7, 11) is -3.50. The highest BCUT2D eigenvalue weighted by molar-refractivity contribution is 7.86. The fourth-order valence-corrected chi connectivity index (χ4v) is 11.1. The summed E-state index contributed by atoms with van der Waals surface area (Å²) in [5, 5.41) is 0. The number of amides is 2. The number of rotatable bonds is 11. The van der Waals surface area contributed by atoms with Gasteiger partial charge in [-0.05, 0) is 95.4 Å². The second-order valence-corrected chi connectivity index (χ2v) is 18.8. The molecule has 2 spiro atoms. The molecule has 1 aromatic carbocycles. The summed E-state index contributed by atoms with van der Waals surface area (Å²) in [5.41, 5.74) is 0.375. The van der Waals surface area contributed by atoms with Crippen molar-refractivity contribution in [3.05, 3.63) is 54.8 Å². The molecule has 1 aromatic heterocycles. The van der Waals surface area contributed by atoms with E-state index >= 15 is 0 Å². The first-order valence-corrected chi connectivity index (χ1v) is 20.9. The molecule has 0 radical (unpaired) electrons. The number of carbonyl (C=O) groups is 2. The van der Waals surface area contributed by atoms with Gasteiger partial charge in [0.15, 0.2) is 11.6 Å². The van der Waals surface area contributed by atoms with Crippen LogP contribution in [-0.2, 0) is 15.0 Å². The predicted octanol–water partition coefficient (Wildman–Crippen LogP) is 4.25. The minimum absolute atomic E-state index is 0.0476. The Morgan fingerprint density at radius 1 is 0.963 bits per heavy atom. The van der Waals surface area contributed by atoms with E-state index in [9.17, 15) is 22.4 Å². The Balaban J connectivity index is 0.896. The van der Waals surface area contributed by atoms with Crippen LogP contribution < -0.4 is 9.64 Å².